The van der Waals surface area contributed by atoms with Crippen molar-refractivity contribution in [3.05, 3.63) is 59.7 Å². The number of methoxy groups -OCH3 is 1. The van der Waals surface area contributed by atoms with Crippen LogP contribution in [0, 0.1) is 17.2 Å². The Balaban J connectivity index is 1.49. The molecule has 4 nitrogen and oxygen atoms in total. The van der Waals surface area contributed by atoms with Crippen molar-refractivity contribution in [2.75, 3.05) is 26.0 Å². The highest BCUT2D eigenvalue weighted by Gasteiger charge is 2.23. The summed E-state index contributed by atoms with van der Waals surface area (Å²) in [7, 11) is 1.67. The fraction of sp³-hybridized carbons (Fsp3) is 0.333. The van der Waals surface area contributed by atoms with Crippen LogP contribution in [0.25, 0.3) is 0 Å². The first kappa shape index (κ1) is 18.3. The van der Waals surface area contributed by atoms with E-state index in [-0.39, 0.29) is 5.91 Å². The summed E-state index contributed by atoms with van der Waals surface area (Å²) in [6.07, 6.45) is 2.04. The van der Waals surface area contributed by atoms with E-state index in [0.717, 1.165) is 37.4 Å². The Morgan fingerprint density at radius 1 is 1.23 bits per heavy atom. The van der Waals surface area contributed by atoms with E-state index in [0.29, 0.717) is 17.0 Å². The highest BCUT2D eigenvalue weighted by Crippen LogP contribution is 2.28. The van der Waals surface area contributed by atoms with Crippen LogP contribution in [0.4, 0.5) is 0 Å². The molecular weight excluding hydrogens is 344 g/mol. The number of piperidine rings is 1. The average Bonchev–Trinajstić information content (AvgIpc) is 2.72. The average molecular weight is 366 g/mol. The smallest absolute Gasteiger partial charge is 0.253 e. The number of hydrogen-bond acceptors (Lipinski definition) is 4. The zero-order valence-electron chi connectivity index (χ0n) is 14.9. The molecule has 134 valence electrons. The van der Waals surface area contributed by atoms with Gasteiger partial charge in [0.2, 0.25) is 0 Å². The number of nitrogens with zero attached hydrogens (tertiary/aromatic N) is 2. The molecule has 0 radical (unpaired) electrons. The predicted molar refractivity (Wildman–Crippen MR) is 104 cm³/mol. The van der Waals surface area contributed by atoms with Gasteiger partial charge in [-0.2, -0.15) is 5.26 Å². The van der Waals surface area contributed by atoms with Gasteiger partial charge >= 0.3 is 0 Å². The van der Waals surface area contributed by atoms with Crippen LogP contribution in [-0.4, -0.2) is 36.8 Å². The van der Waals surface area contributed by atoms with Crippen molar-refractivity contribution in [3.63, 3.8) is 0 Å². The lowest BCUT2D eigenvalue weighted by molar-refractivity contribution is 0.0698. The van der Waals surface area contributed by atoms with E-state index in [1.54, 1.807) is 31.4 Å². The molecule has 2 aromatic carbocycles. The third-order valence-electron chi connectivity index (χ3n) is 4.69. The summed E-state index contributed by atoms with van der Waals surface area (Å²) < 4.78 is 5.18. The number of carbonyl (C=O) groups is 1. The Hall–Kier alpha value is -2.45. The largest absolute Gasteiger partial charge is 0.497 e. The van der Waals surface area contributed by atoms with E-state index in [9.17, 15) is 4.79 Å². The highest BCUT2D eigenvalue weighted by molar-refractivity contribution is 7.99. The summed E-state index contributed by atoms with van der Waals surface area (Å²) in [5, 5.41) is 8.99. The van der Waals surface area contributed by atoms with Crippen LogP contribution in [0.15, 0.2) is 53.4 Å². The molecule has 1 saturated heterocycles. The van der Waals surface area contributed by atoms with E-state index < -0.39 is 0 Å². The summed E-state index contributed by atoms with van der Waals surface area (Å²) in [5.41, 5.74) is 1.14. The lowest BCUT2D eigenvalue weighted by atomic mass is 9.98. The number of benzene rings is 2. The molecule has 0 bridgehead atoms. The Kier molecular flexibility index (Phi) is 6.19. The molecule has 5 heteroatoms. The molecule has 0 aromatic heterocycles. The number of carbonyl (C=O) groups excluding carboxylic acids is 1. The Labute approximate surface area is 158 Å². The van der Waals surface area contributed by atoms with Crippen molar-refractivity contribution in [3.8, 4) is 11.8 Å². The maximum absolute atomic E-state index is 12.6. The van der Waals surface area contributed by atoms with E-state index in [1.165, 1.54) is 4.90 Å². The summed E-state index contributed by atoms with van der Waals surface area (Å²) in [5.74, 6) is 2.60. The number of likely N-dealkylation sites (tertiary alicyclic amines) is 1. The molecule has 0 atom stereocenters. The van der Waals surface area contributed by atoms with E-state index in [2.05, 4.69) is 18.2 Å². The number of nitriles is 1. The Morgan fingerprint density at radius 3 is 2.62 bits per heavy atom. The van der Waals surface area contributed by atoms with E-state index in [1.807, 2.05) is 28.8 Å². The van der Waals surface area contributed by atoms with Gasteiger partial charge in [0.1, 0.15) is 5.75 Å². The summed E-state index contributed by atoms with van der Waals surface area (Å²) in [4.78, 5) is 15.8. The topological polar surface area (TPSA) is 53.3 Å². The second-order valence-electron chi connectivity index (χ2n) is 6.41. The summed E-state index contributed by atoms with van der Waals surface area (Å²) >= 11 is 1.86. The molecule has 0 unspecified atom stereocenters. The van der Waals surface area contributed by atoms with Crippen molar-refractivity contribution < 1.29 is 9.53 Å². The van der Waals surface area contributed by atoms with Gasteiger partial charge in [0.15, 0.2) is 0 Å². The zero-order chi connectivity index (χ0) is 18.4. The quantitative estimate of drug-likeness (QED) is 0.744. The number of rotatable bonds is 5. The first-order chi connectivity index (χ1) is 12.7. The third-order valence-corrected chi connectivity index (χ3v) is 5.93. The molecular formula is C21H22N2O2S. The van der Waals surface area contributed by atoms with Crippen LogP contribution in [-0.2, 0) is 0 Å². The van der Waals surface area contributed by atoms with Crippen LogP contribution >= 0.6 is 11.8 Å². The number of ether oxygens (including phenoxy) is 1. The lowest BCUT2D eigenvalue weighted by Gasteiger charge is -2.32. The van der Waals surface area contributed by atoms with Crippen LogP contribution in [0.5, 0.6) is 5.75 Å². The standard InChI is InChI=1S/C21H22N2O2S/c1-25-19-5-7-20(8-6-19)26-15-16-9-11-23(12-10-16)21(24)18-4-2-3-17(13-18)14-22/h2-8,13,16H,9-12,15H2,1H3. The normalized spacial score (nSPS) is 14.7. The Bertz CT molecular complexity index is 790. The molecule has 0 aliphatic carbocycles. The molecule has 0 saturated carbocycles. The highest BCUT2D eigenvalue weighted by atomic mass is 32.2. The SMILES string of the molecule is COc1ccc(SCC2CCN(C(=O)c3cccc(C#N)c3)CC2)cc1. The Morgan fingerprint density at radius 2 is 1.96 bits per heavy atom. The number of amides is 1. The summed E-state index contributed by atoms with van der Waals surface area (Å²) in [6, 6.07) is 17.2. The van der Waals surface area contributed by atoms with Crippen molar-refractivity contribution in [1.29, 1.82) is 5.26 Å². The molecule has 1 aliphatic heterocycles. The first-order valence-corrected chi connectivity index (χ1v) is 9.74. The predicted octanol–water partition coefficient (Wildman–Crippen LogP) is 4.21. The number of hydrogen-bond donors (Lipinski definition) is 0. The maximum atomic E-state index is 12.6. The van der Waals surface area contributed by atoms with E-state index in [4.69, 9.17) is 10.00 Å². The second-order valence-corrected chi connectivity index (χ2v) is 7.51. The van der Waals surface area contributed by atoms with Crippen molar-refractivity contribution >= 4 is 17.7 Å². The van der Waals surface area contributed by atoms with Gasteiger partial charge in [-0.25, -0.2) is 0 Å². The summed E-state index contributed by atoms with van der Waals surface area (Å²) in [6.45, 7) is 1.56. The van der Waals surface area contributed by atoms with Gasteiger partial charge in [-0.05, 0) is 61.2 Å². The van der Waals surface area contributed by atoms with Crippen molar-refractivity contribution in [1.82, 2.24) is 4.90 Å². The maximum Gasteiger partial charge on any atom is 0.253 e. The van der Waals surface area contributed by atoms with Gasteiger partial charge in [-0.15, -0.1) is 11.8 Å². The molecule has 1 amide bonds. The first-order valence-electron chi connectivity index (χ1n) is 8.76. The third kappa shape index (κ3) is 4.59. The fourth-order valence-corrected chi connectivity index (χ4v) is 4.18. The molecule has 1 aliphatic rings. The van der Waals surface area contributed by atoms with Crippen molar-refractivity contribution in [2.45, 2.75) is 17.7 Å². The zero-order valence-corrected chi connectivity index (χ0v) is 15.7. The van der Waals surface area contributed by atoms with Crippen LogP contribution in [0.3, 0.4) is 0 Å². The van der Waals surface area contributed by atoms with Gasteiger partial charge in [-0.3, -0.25) is 4.79 Å². The molecule has 26 heavy (non-hydrogen) atoms. The second kappa shape index (κ2) is 8.77. The van der Waals surface area contributed by atoms with Gasteiger partial charge in [0.05, 0.1) is 18.7 Å². The van der Waals surface area contributed by atoms with Crippen molar-refractivity contribution in [2.24, 2.45) is 5.92 Å². The monoisotopic (exact) mass is 366 g/mol. The van der Waals surface area contributed by atoms with Crippen LogP contribution < -0.4 is 4.74 Å². The van der Waals surface area contributed by atoms with Gasteiger partial charge in [0.25, 0.3) is 5.91 Å². The molecule has 3 rings (SSSR count). The minimum atomic E-state index is 0.0309. The fourth-order valence-electron chi connectivity index (χ4n) is 3.09. The molecule has 1 heterocycles. The van der Waals surface area contributed by atoms with Gasteiger partial charge in [-0.1, -0.05) is 6.07 Å². The van der Waals surface area contributed by atoms with Gasteiger partial charge < -0.3 is 9.64 Å². The lowest BCUT2D eigenvalue weighted by Crippen LogP contribution is -2.39. The molecule has 0 spiro atoms. The van der Waals surface area contributed by atoms with Crippen LogP contribution in [0.2, 0.25) is 0 Å². The van der Waals surface area contributed by atoms with E-state index >= 15 is 0 Å². The minimum absolute atomic E-state index is 0.0309. The van der Waals surface area contributed by atoms with Gasteiger partial charge in [0, 0.05) is 29.3 Å². The molecule has 1 fully saturated rings. The molecule has 2 aromatic rings. The minimum Gasteiger partial charge on any atom is -0.497 e. The molecule has 0 N–H and O–H groups in total. The number of thioether (sulfide) groups is 1. The van der Waals surface area contributed by atoms with Crippen LogP contribution in [0.1, 0.15) is 28.8 Å².